The number of benzene rings is 1. The van der Waals surface area contributed by atoms with Gasteiger partial charge in [0.1, 0.15) is 0 Å². The molecule has 0 radical (unpaired) electrons. The summed E-state index contributed by atoms with van der Waals surface area (Å²) in [5.74, 6) is -0.338. The summed E-state index contributed by atoms with van der Waals surface area (Å²) in [7, 11) is 0. The Kier molecular flexibility index (Phi) is 4.93. The van der Waals surface area contributed by atoms with Gasteiger partial charge in [-0.15, -0.1) is 0 Å². The van der Waals surface area contributed by atoms with E-state index in [0.29, 0.717) is 36.8 Å². The molecule has 0 N–H and O–H groups in total. The summed E-state index contributed by atoms with van der Waals surface area (Å²) in [6, 6.07) is 5.83. The van der Waals surface area contributed by atoms with E-state index in [1.807, 2.05) is 4.90 Å². The highest BCUT2D eigenvalue weighted by Crippen LogP contribution is 2.32. The van der Waals surface area contributed by atoms with Gasteiger partial charge in [-0.1, -0.05) is 0 Å². The summed E-state index contributed by atoms with van der Waals surface area (Å²) in [5, 5.41) is 10.3. The highest BCUT2D eigenvalue weighted by molar-refractivity contribution is 8.18. The molecule has 2 saturated heterocycles. The molecule has 0 spiro atoms. The summed E-state index contributed by atoms with van der Waals surface area (Å²) < 4.78 is 5.25. The summed E-state index contributed by atoms with van der Waals surface area (Å²) >= 11 is 0.882. The molecule has 0 aromatic heterocycles. The zero-order valence-corrected chi connectivity index (χ0v) is 13.5. The number of ether oxygens (including phenoxy) is 1. The fourth-order valence-electron chi connectivity index (χ4n) is 2.41. The molecule has 0 atom stereocenters. The number of thioether (sulfide) groups is 1. The summed E-state index contributed by atoms with van der Waals surface area (Å²) in [6.45, 7) is 2.81. The van der Waals surface area contributed by atoms with Gasteiger partial charge in [-0.05, 0) is 35.5 Å². The smallest absolute Gasteiger partial charge is 0.294 e. The van der Waals surface area contributed by atoms with Gasteiger partial charge in [0.25, 0.3) is 16.8 Å². The Morgan fingerprint density at radius 1 is 1.21 bits per heavy atom. The fraction of sp³-hybridized carbons (Fsp3) is 0.333. The molecule has 1 aromatic carbocycles. The van der Waals surface area contributed by atoms with E-state index in [1.54, 1.807) is 18.2 Å². The number of imide groups is 1. The van der Waals surface area contributed by atoms with E-state index in [4.69, 9.17) is 4.74 Å². The van der Waals surface area contributed by atoms with Crippen molar-refractivity contribution in [3.63, 3.8) is 0 Å². The van der Waals surface area contributed by atoms with E-state index < -0.39 is 4.92 Å². The first kappa shape index (κ1) is 16.6. The quantitative estimate of drug-likeness (QED) is 0.466. The lowest BCUT2D eigenvalue weighted by Gasteiger charge is -2.29. The highest BCUT2D eigenvalue weighted by atomic mass is 32.2. The van der Waals surface area contributed by atoms with Gasteiger partial charge in [-0.2, -0.15) is 0 Å². The van der Waals surface area contributed by atoms with Crippen LogP contribution in [-0.2, 0) is 9.53 Å². The Hall–Kier alpha value is -2.23. The van der Waals surface area contributed by atoms with Gasteiger partial charge in [0.2, 0.25) is 0 Å². The van der Waals surface area contributed by atoms with Gasteiger partial charge in [0.05, 0.1) is 29.7 Å². The number of hydrogen-bond donors (Lipinski definition) is 0. The van der Waals surface area contributed by atoms with Crippen molar-refractivity contribution in [2.45, 2.75) is 0 Å². The minimum atomic E-state index is -0.486. The van der Waals surface area contributed by atoms with Crippen LogP contribution in [0.25, 0.3) is 6.08 Å². The number of hydrogen-bond acceptors (Lipinski definition) is 7. The zero-order chi connectivity index (χ0) is 17.1. The van der Waals surface area contributed by atoms with Gasteiger partial charge >= 0.3 is 0 Å². The third-order valence-electron chi connectivity index (χ3n) is 3.72. The number of amides is 2. The van der Waals surface area contributed by atoms with Crippen LogP contribution in [0.15, 0.2) is 29.2 Å². The van der Waals surface area contributed by atoms with Crippen LogP contribution in [0.2, 0.25) is 0 Å². The third-order valence-corrected chi connectivity index (χ3v) is 4.63. The maximum absolute atomic E-state index is 12.4. The molecular weight excluding hydrogens is 334 g/mol. The van der Waals surface area contributed by atoms with Gasteiger partial charge in [-0.3, -0.25) is 29.5 Å². The van der Waals surface area contributed by atoms with Gasteiger partial charge in [-0.25, -0.2) is 0 Å². The Morgan fingerprint density at radius 2 is 1.88 bits per heavy atom. The lowest BCUT2D eigenvalue weighted by Crippen LogP contribution is -2.45. The van der Waals surface area contributed by atoms with Crippen LogP contribution in [0.3, 0.4) is 0 Å². The summed E-state index contributed by atoms with van der Waals surface area (Å²) in [6.07, 6.45) is 1.58. The molecule has 126 valence electrons. The van der Waals surface area contributed by atoms with Crippen molar-refractivity contribution in [3.8, 4) is 0 Å². The molecule has 24 heavy (non-hydrogen) atoms. The second-order valence-electron chi connectivity index (χ2n) is 5.33. The second-order valence-corrected chi connectivity index (χ2v) is 6.32. The van der Waals surface area contributed by atoms with Crippen LogP contribution in [0.5, 0.6) is 0 Å². The Balaban J connectivity index is 1.71. The molecule has 0 saturated carbocycles. The van der Waals surface area contributed by atoms with Gasteiger partial charge < -0.3 is 4.74 Å². The molecule has 0 unspecified atom stereocenters. The van der Waals surface area contributed by atoms with Crippen LogP contribution in [-0.4, -0.2) is 58.8 Å². The number of morpholine rings is 1. The molecule has 9 heteroatoms. The lowest BCUT2D eigenvalue weighted by molar-refractivity contribution is -0.384. The SMILES string of the molecule is O=C1S/C(=C/c2ccc([N+](=O)[O-])cc2)C(=O)N1CN1CCOCC1. The maximum atomic E-state index is 12.4. The number of rotatable bonds is 4. The minimum absolute atomic E-state index is 0.0208. The number of nitro benzene ring substituents is 1. The molecular formula is C15H15N3O5S. The molecule has 2 heterocycles. The van der Waals surface area contributed by atoms with E-state index >= 15 is 0 Å². The van der Waals surface area contributed by atoms with Crippen LogP contribution >= 0.6 is 11.8 Å². The Morgan fingerprint density at radius 3 is 2.50 bits per heavy atom. The monoisotopic (exact) mass is 349 g/mol. The van der Waals surface area contributed by atoms with Crippen molar-refractivity contribution in [2.24, 2.45) is 0 Å². The maximum Gasteiger partial charge on any atom is 0.294 e. The molecule has 2 aliphatic heterocycles. The largest absolute Gasteiger partial charge is 0.379 e. The van der Waals surface area contributed by atoms with Crippen LogP contribution in [0, 0.1) is 10.1 Å². The van der Waals surface area contributed by atoms with E-state index in [-0.39, 0.29) is 23.5 Å². The predicted octanol–water partition coefficient (Wildman–Crippen LogP) is 1.92. The summed E-state index contributed by atoms with van der Waals surface area (Å²) in [4.78, 5) is 38.2. The molecule has 3 rings (SSSR count). The number of carbonyl (C=O) groups excluding carboxylic acids is 2. The van der Waals surface area contributed by atoms with Crippen LogP contribution < -0.4 is 0 Å². The zero-order valence-electron chi connectivity index (χ0n) is 12.7. The van der Waals surface area contributed by atoms with Crippen molar-refractivity contribution < 1.29 is 19.2 Å². The van der Waals surface area contributed by atoms with Gasteiger partial charge in [0.15, 0.2) is 0 Å². The van der Waals surface area contributed by atoms with Crippen molar-refractivity contribution in [2.75, 3.05) is 33.0 Å². The lowest BCUT2D eigenvalue weighted by atomic mass is 10.2. The van der Waals surface area contributed by atoms with E-state index in [9.17, 15) is 19.7 Å². The van der Waals surface area contributed by atoms with Crippen molar-refractivity contribution in [3.05, 3.63) is 44.8 Å². The fourth-order valence-corrected chi connectivity index (χ4v) is 3.24. The van der Waals surface area contributed by atoms with E-state index in [0.717, 1.165) is 11.8 Å². The van der Waals surface area contributed by atoms with Crippen molar-refractivity contribution >= 4 is 34.7 Å². The number of nitro groups is 1. The van der Waals surface area contributed by atoms with E-state index in [1.165, 1.54) is 17.0 Å². The molecule has 0 bridgehead atoms. The molecule has 1 aromatic rings. The first-order chi connectivity index (χ1) is 11.5. The van der Waals surface area contributed by atoms with E-state index in [2.05, 4.69) is 0 Å². The van der Waals surface area contributed by atoms with Crippen LogP contribution in [0.1, 0.15) is 5.56 Å². The average molecular weight is 349 g/mol. The molecule has 0 aliphatic carbocycles. The number of nitrogens with zero attached hydrogens (tertiary/aromatic N) is 3. The third kappa shape index (κ3) is 3.64. The van der Waals surface area contributed by atoms with Crippen LogP contribution in [0.4, 0.5) is 10.5 Å². The molecule has 2 amide bonds. The van der Waals surface area contributed by atoms with Gasteiger partial charge in [0, 0.05) is 25.2 Å². The van der Waals surface area contributed by atoms with Crippen molar-refractivity contribution in [1.82, 2.24) is 9.80 Å². The highest BCUT2D eigenvalue weighted by Gasteiger charge is 2.36. The Labute approximate surface area is 142 Å². The summed E-state index contributed by atoms with van der Waals surface area (Å²) in [5.41, 5.74) is 0.616. The second kappa shape index (κ2) is 7.12. The standard InChI is InChI=1S/C15H15N3O5S/c19-14-13(9-11-1-3-12(4-2-11)18(21)22)24-15(20)17(14)10-16-5-7-23-8-6-16/h1-4,9H,5-8,10H2/b13-9+. The number of carbonyl (C=O) groups is 2. The Bertz CT molecular complexity index is 698. The first-order valence-electron chi connectivity index (χ1n) is 7.34. The average Bonchev–Trinajstić information content (AvgIpc) is 2.84. The normalized spacial score (nSPS) is 20.8. The molecule has 8 nitrogen and oxygen atoms in total. The topological polar surface area (TPSA) is 93.0 Å². The van der Waals surface area contributed by atoms with Crippen molar-refractivity contribution in [1.29, 1.82) is 0 Å². The minimum Gasteiger partial charge on any atom is -0.379 e. The number of non-ortho nitro benzene ring substituents is 1. The molecule has 2 fully saturated rings. The first-order valence-corrected chi connectivity index (χ1v) is 8.16. The predicted molar refractivity (Wildman–Crippen MR) is 88.2 cm³/mol. The molecule has 2 aliphatic rings.